The van der Waals surface area contributed by atoms with Crippen molar-refractivity contribution in [2.24, 2.45) is 5.41 Å². The molecule has 2 aromatic carbocycles. The van der Waals surface area contributed by atoms with Crippen LogP contribution in [0, 0.1) is 26.4 Å². The first-order valence-corrected chi connectivity index (χ1v) is 10.1. The van der Waals surface area contributed by atoms with Crippen LogP contribution in [0.15, 0.2) is 28.7 Å². The van der Waals surface area contributed by atoms with Crippen molar-refractivity contribution in [1.29, 1.82) is 0 Å². The summed E-state index contributed by atoms with van der Waals surface area (Å²) in [7, 11) is 0. The van der Waals surface area contributed by atoms with Crippen molar-refractivity contribution in [2.45, 2.75) is 12.8 Å². The van der Waals surface area contributed by atoms with E-state index in [4.69, 9.17) is 4.84 Å². The summed E-state index contributed by atoms with van der Waals surface area (Å²) in [6.45, 7) is 0.0209. The van der Waals surface area contributed by atoms with Crippen molar-refractivity contribution in [1.82, 2.24) is 5.48 Å². The van der Waals surface area contributed by atoms with Gasteiger partial charge in [-0.15, -0.1) is 0 Å². The molecule has 0 radical (unpaired) electrons. The van der Waals surface area contributed by atoms with Crippen LogP contribution in [-0.2, 0) is 4.84 Å². The Morgan fingerprint density at radius 3 is 2.57 bits per heavy atom. The number of aliphatic hydroxyl groups is 1. The SMILES string of the molecule is O=C(NOCC1(CO)CC1)c1cc(Br)c(F)c(F)c1Nc1ccc(I)cc1F. The van der Waals surface area contributed by atoms with Crippen LogP contribution in [0.1, 0.15) is 23.2 Å². The van der Waals surface area contributed by atoms with Crippen LogP contribution in [-0.4, -0.2) is 24.2 Å². The molecule has 1 saturated carbocycles. The lowest BCUT2D eigenvalue weighted by Crippen LogP contribution is -2.29. The summed E-state index contributed by atoms with van der Waals surface area (Å²) in [6, 6.07) is 5.21. The minimum atomic E-state index is -1.34. The number of hydroxylamine groups is 1. The third kappa shape index (κ3) is 4.61. The first kappa shape index (κ1) is 21.3. The van der Waals surface area contributed by atoms with Gasteiger partial charge in [-0.25, -0.2) is 18.7 Å². The normalized spacial score (nSPS) is 14.6. The minimum absolute atomic E-state index is 0.0709. The van der Waals surface area contributed by atoms with E-state index in [1.54, 1.807) is 6.07 Å². The predicted molar refractivity (Wildman–Crippen MR) is 109 cm³/mol. The first-order chi connectivity index (χ1) is 13.3. The van der Waals surface area contributed by atoms with Gasteiger partial charge in [0.15, 0.2) is 11.6 Å². The second-order valence-corrected chi connectivity index (χ2v) is 8.64. The molecule has 28 heavy (non-hydrogen) atoms. The fraction of sp³-hybridized carbons (Fsp3) is 0.278. The number of aliphatic hydroxyl groups excluding tert-OH is 1. The zero-order valence-corrected chi connectivity index (χ0v) is 18.0. The Kier molecular flexibility index (Phi) is 6.52. The maximum Gasteiger partial charge on any atom is 0.277 e. The molecule has 3 N–H and O–H groups in total. The number of hydrogen-bond donors (Lipinski definition) is 3. The van der Waals surface area contributed by atoms with Crippen molar-refractivity contribution in [3.8, 4) is 0 Å². The minimum Gasteiger partial charge on any atom is -0.396 e. The van der Waals surface area contributed by atoms with E-state index >= 15 is 0 Å². The van der Waals surface area contributed by atoms with E-state index in [-0.39, 0.29) is 34.4 Å². The number of halogens is 5. The molecule has 150 valence electrons. The third-order valence-electron chi connectivity index (χ3n) is 4.43. The van der Waals surface area contributed by atoms with Crippen LogP contribution in [0.2, 0.25) is 0 Å². The predicted octanol–water partition coefficient (Wildman–Crippen LogP) is 4.65. The van der Waals surface area contributed by atoms with Gasteiger partial charge in [0.05, 0.1) is 34.6 Å². The summed E-state index contributed by atoms with van der Waals surface area (Å²) >= 11 is 4.77. The quantitative estimate of drug-likeness (QED) is 0.257. The highest BCUT2D eigenvalue weighted by Gasteiger charge is 2.42. The van der Waals surface area contributed by atoms with Crippen molar-refractivity contribution < 1.29 is 27.9 Å². The fourth-order valence-corrected chi connectivity index (χ4v) is 3.31. The van der Waals surface area contributed by atoms with E-state index in [0.29, 0.717) is 3.57 Å². The van der Waals surface area contributed by atoms with E-state index in [1.165, 1.54) is 12.1 Å². The van der Waals surface area contributed by atoms with Gasteiger partial charge >= 0.3 is 0 Å². The molecule has 1 fully saturated rings. The van der Waals surface area contributed by atoms with Crippen LogP contribution in [0.4, 0.5) is 24.5 Å². The highest BCUT2D eigenvalue weighted by atomic mass is 127. The van der Waals surface area contributed by atoms with Gasteiger partial charge in [0, 0.05) is 8.99 Å². The molecule has 2 aromatic rings. The number of anilines is 2. The molecular formula is C18H15BrF3IN2O3. The van der Waals surface area contributed by atoms with Gasteiger partial charge in [0.25, 0.3) is 5.91 Å². The summed E-state index contributed by atoms with van der Waals surface area (Å²) in [6.07, 6.45) is 1.55. The van der Waals surface area contributed by atoms with Crippen LogP contribution < -0.4 is 10.8 Å². The first-order valence-electron chi connectivity index (χ1n) is 8.19. The number of rotatable bonds is 7. The lowest BCUT2D eigenvalue weighted by atomic mass is 10.1. The highest BCUT2D eigenvalue weighted by Crippen LogP contribution is 2.45. The fourth-order valence-electron chi connectivity index (χ4n) is 2.46. The maximum absolute atomic E-state index is 14.5. The Morgan fingerprint density at radius 1 is 1.25 bits per heavy atom. The van der Waals surface area contributed by atoms with Crippen LogP contribution in [0.3, 0.4) is 0 Å². The Morgan fingerprint density at radius 2 is 1.96 bits per heavy atom. The molecule has 0 atom stereocenters. The molecule has 0 saturated heterocycles. The van der Waals surface area contributed by atoms with Crippen molar-refractivity contribution in [3.63, 3.8) is 0 Å². The molecule has 10 heteroatoms. The molecule has 0 aliphatic heterocycles. The number of hydrogen-bond acceptors (Lipinski definition) is 4. The zero-order valence-electron chi connectivity index (χ0n) is 14.3. The van der Waals surface area contributed by atoms with E-state index in [9.17, 15) is 23.1 Å². The van der Waals surface area contributed by atoms with Gasteiger partial charge in [0.2, 0.25) is 0 Å². The molecule has 1 aliphatic rings. The summed E-state index contributed by atoms with van der Waals surface area (Å²) in [5.74, 6) is -4.09. The summed E-state index contributed by atoms with van der Waals surface area (Å²) in [4.78, 5) is 17.6. The number of amides is 1. The third-order valence-corrected chi connectivity index (χ3v) is 5.68. The standard InChI is InChI=1S/C18H15BrF3IN2O3/c19-11-6-10(17(27)25-28-8-18(7-26)3-4-18)16(15(22)14(11)21)24-13-2-1-9(23)5-12(13)20/h1-2,5-6,24,26H,3-4,7-8H2,(H,25,27). The summed E-state index contributed by atoms with van der Waals surface area (Å²) in [5, 5.41) is 11.7. The maximum atomic E-state index is 14.5. The summed E-state index contributed by atoms with van der Waals surface area (Å²) in [5.41, 5.74) is 0.870. The molecule has 0 spiro atoms. The van der Waals surface area contributed by atoms with Crippen LogP contribution >= 0.6 is 38.5 Å². The van der Waals surface area contributed by atoms with E-state index in [1.807, 2.05) is 22.6 Å². The molecule has 1 aliphatic carbocycles. The van der Waals surface area contributed by atoms with Crippen molar-refractivity contribution in [3.05, 3.63) is 55.3 Å². The average Bonchev–Trinajstić information content (AvgIpc) is 3.44. The molecule has 0 unspecified atom stereocenters. The lowest BCUT2D eigenvalue weighted by Gasteiger charge is -2.16. The average molecular weight is 571 g/mol. The molecule has 5 nitrogen and oxygen atoms in total. The molecule has 0 heterocycles. The topological polar surface area (TPSA) is 70.6 Å². The largest absolute Gasteiger partial charge is 0.396 e. The van der Waals surface area contributed by atoms with Crippen molar-refractivity contribution >= 4 is 55.8 Å². The Hall–Kier alpha value is -1.37. The van der Waals surface area contributed by atoms with Gasteiger partial charge in [-0.1, -0.05) is 0 Å². The monoisotopic (exact) mass is 570 g/mol. The second-order valence-electron chi connectivity index (χ2n) is 6.54. The lowest BCUT2D eigenvalue weighted by molar-refractivity contribution is -0.0000448. The van der Waals surface area contributed by atoms with Gasteiger partial charge in [-0.05, 0) is 75.6 Å². The van der Waals surface area contributed by atoms with Crippen LogP contribution in [0.5, 0.6) is 0 Å². The molecule has 0 bridgehead atoms. The Bertz CT molecular complexity index is 925. The Balaban J connectivity index is 1.86. The van der Waals surface area contributed by atoms with Gasteiger partial charge in [0.1, 0.15) is 5.82 Å². The second kappa shape index (κ2) is 8.56. The zero-order chi connectivity index (χ0) is 20.5. The Labute approximate surface area is 180 Å². The summed E-state index contributed by atoms with van der Waals surface area (Å²) < 4.78 is 43.0. The van der Waals surface area contributed by atoms with E-state index < -0.39 is 29.0 Å². The molecule has 0 aromatic heterocycles. The highest BCUT2D eigenvalue weighted by molar-refractivity contribution is 14.1. The smallest absolute Gasteiger partial charge is 0.277 e. The number of benzene rings is 2. The van der Waals surface area contributed by atoms with Gasteiger partial charge in [-0.3, -0.25) is 9.63 Å². The van der Waals surface area contributed by atoms with Gasteiger partial charge < -0.3 is 10.4 Å². The molecular weight excluding hydrogens is 556 g/mol. The van der Waals surface area contributed by atoms with E-state index in [2.05, 4.69) is 26.7 Å². The van der Waals surface area contributed by atoms with Gasteiger partial charge in [-0.2, -0.15) is 0 Å². The van der Waals surface area contributed by atoms with E-state index in [0.717, 1.165) is 18.9 Å². The van der Waals surface area contributed by atoms with Crippen LogP contribution in [0.25, 0.3) is 0 Å². The number of carbonyl (C=O) groups excluding carboxylic acids is 1. The number of carbonyl (C=O) groups is 1. The molecule has 3 rings (SSSR count). The molecule has 1 amide bonds. The van der Waals surface area contributed by atoms with Crippen molar-refractivity contribution in [2.75, 3.05) is 18.5 Å². The number of nitrogens with one attached hydrogen (secondary N) is 2.